The highest BCUT2D eigenvalue weighted by atomic mass is 16.5. The summed E-state index contributed by atoms with van der Waals surface area (Å²) in [6, 6.07) is 0. The average molecular weight is 249 g/mol. The van der Waals surface area contributed by atoms with Crippen molar-refractivity contribution in [2.75, 3.05) is 26.9 Å². The zero-order valence-electron chi connectivity index (χ0n) is 10.7. The molecule has 0 aromatic carbocycles. The molecule has 5 heteroatoms. The molecule has 98 valence electrons. The summed E-state index contributed by atoms with van der Waals surface area (Å²) in [6.07, 6.45) is 2.99. The maximum absolute atomic E-state index is 5.42. The van der Waals surface area contributed by atoms with Crippen LogP contribution in [0.1, 0.15) is 35.8 Å². The van der Waals surface area contributed by atoms with Gasteiger partial charge < -0.3 is 14.8 Å². The van der Waals surface area contributed by atoms with Crippen LogP contribution in [0.4, 0.5) is 0 Å². The number of nitrogens with zero attached hydrogens (tertiary/aromatic N) is 2. The Balaban J connectivity index is 1.94. The second kappa shape index (κ2) is 5.20. The van der Waals surface area contributed by atoms with Gasteiger partial charge in [0.2, 0.25) is 5.88 Å². The van der Waals surface area contributed by atoms with E-state index in [1.807, 2.05) is 0 Å². The molecule has 1 N–H and O–H groups in total. The lowest BCUT2D eigenvalue weighted by Gasteiger charge is -2.24. The van der Waals surface area contributed by atoms with Crippen molar-refractivity contribution in [3.63, 3.8) is 0 Å². The lowest BCUT2D eigenvalue weighted by atomic mass is 9.98. The van der Waals surface area contributed by atoms with Gasteiger partial charge in [-0.05, 0) is 12.8 Å². The van der Waals surface area contributed by atoms with Crippen LogP contribution >= 0.6 is 0 Å². The molecule has 5 nitrogen and oxygen atoms in total. The van der Waals surface area contributed by atoms with Crippen LogP contribution in [0.25, 0.3) is 0 Å². The summed E-state index contributed by atoms with van der Waals surface area (Å²) in [5.74, 6) is 2.11. The molecule has 0 spiro atoms. The number of aromatic nitrogens is 2. The van der Waals surface area contributed by atoms with Gasteiger partial charge in [0, 0.05) is 44.2 Å². The van der Waals surface area contributed by atoms with Crippen LogP contribution in [0.3, 0.4) is 0 Å². The smallest absolute Gasteiger partial charge is 0.221 e. The number of ether oxygens (including phenoxy) is 2. The number of rotatable bonds is 2. The monoisotopic (exact) mass is 249 g/mol. The molecule has 3 heterocycles. The molecule has 0 amide bonds. The Morgan fingerprint density at radius 2 is 2.11 bits per heavy atom. The first-order valence-corrected chi connectivity index (χ1v) is 6.60. The van der Waals surface area contributed by atoms with Gasteiger partial charge in [-0.3, -0.25) is 0 Å². The third kappa shape index (κ3) is 2.20. The molecule has 2 aliphatic rings. The van der Waals surface area contributed by atoms with E-state index in [0.717, 1.165) is 68.5 Å². The molecule has 0 atom stereocenters. The molecule has 0 radical (unpaired) electrons. The van der Waals surface area contributed by atoms with Gasteiger partial charge >= 0.3 is 0 Å². The minimum atomic E-state index is 0.424. The van der Waals surface area contributed by atoms with Crippen molar-refractivity contribution in [2.24, 2.45) is 0 Å². The number of fused-ring (bicyclic) bond motifs is 1. The molecule has 1 fully saturated rings. The quantitative estimate of drug-likeness (QED) is 0.848. The van der Waals surface area contributed by atoms with Crippen LogP contribution in [-0.4, -0.2) is 36.8 Å². The Morgan fingerprint density at radius 3 is 2.89 bits per heavy atom. The maximum atomic E-state index is 5.42. The summed E-state index contributed by atoms with van der Waals surface area (Å²) in [6.45, 7) is 3.43. The van der Waals surface area contributed by atoms with Crippen molar-refractivity contribution in [2.45, 2.75) is 31.7 Å². The van der Waals surface area contributed by atoms with Crippen LogP contribution in [0.5, 0.6) is 5.88 Å². The highest BCUT2D eigenvalue weighted by molar-refractivity contribution is 5.33. The van der Waals surface area contributed by atoms with Crippen molar-refractivity contribution < 1.29 is 9.47 Å². The fraction of sp³-hybridized carbons (Fsp3) is 0.692. The predicted molar refractivity (Wildman–Crippen MR) is 66.8 cm³/mol. The normalized spacial score (nSPS) is 20.5. The van der Waals surface area contributed by atoms with Crippen LogP contribution in [-0.2, 0) is 17.7 Å². The van der Waals surface area contributed by atoms with Gasteiger partial charge in [0.05, 0.1) is 12.8 Å². The van der Waals surface area contributed by atoms with Gasteiger partial charge in [0.15, 0.2) is 0 Å². The third-order valence-corrected chi connectivity index (χ3v) is 3.69. The zero-order chi connectivity index (χ0) is 12.4. The van der Waals surface area contributed by atoms with E-state index >= 15 is 0 Å². The van der Waals surface area contributed by atoms with Gasteiger partial charge in [-0.2, -0.15) is 4.98 Å². The van der Waals surface area contributed by atoms with Crippen molar-refractivity contribution >= 4 is 0 Å². The SMILES string of the molecule is COc1nc(C2CCOCC2)nc2c1CNCC2. The lowest BCUT2D eigenvalue weighted by Crippen LogP contribution is -2.27. The molecule has 0 saturated carbocycles. The van der Waals surface area contributed by atoms with E-state index in [9.17, 15) is 0 Å². The van der Waals surface area contributed by atoms with E-state index < -0.39 is 0 Å². The fourth-order valence-electron chi connectivity index (χ4n) is 2.64. The highest BCUT2D eigenvalue weighted by Gasteiger charge is 2.23. The summed E-state index contributed by atoms with van der Waals surface area (Å²) in [5, 5.41) is 3.33. The van der Waals surface area contributed by atoms with Crippen molar-refractivity contribution in [1.82, 2.24) is 15.3 Å². The standard InChI is InChI=1S/C13H19N3O2/c1-17-13-10-8-14-5-2-11(10)15-12(16-13)9-3-6-18-7-4-9/h9,14H,2-8H2,1H3. The minimum absolute atomic E-state index is 0.424. The molecule has 0 unspecified atom stereocenters. The second-order valence-corrected chi connectivity index (χ2v) is 4.83. The van der Waals surface area contributed by atoms with Crippen LogP contribution in [0.2, 0.25) is 0 Å². The third-order valence-electron chi connectivity index (χ3n) is 3.69. The predicted octanol–water partition coefficient (Wildman–Crippen LogP) is 1.02. The first-order chi connectivity index (χ1) is 8.88. The average Bonchev–Trinajstić information content (AvgIpc) is 2.47. The van der Waals surface area contributed by atoms with E-state index in [0.29, 0.717) is 5.92 Å². The molecule has 0 aliphatic carbocycles. The maximum Gasteiger partial charge on any atom is 0.221 e. The van der Waals surface area contributed by atoms with E-state index in [-0.39, 0.29) is 0 Å². The van der Waals surface area contributed by atoms with E-state index in [1.165, 1.54) is 0 Å². The van der Waals surface area contributed by atoms with Crippen molar-refractivity contribution in [3.05, 3.63) is 17.1 Å². The number of hydrogen-bond acceptors (Lipinski definition) is 5. The minimum Gasteiger partial charge on any atom is -0.481 e. The first kappa shape index (κ1) is 11.9. The topological polar surface area (TPSA) is 56.3 Å². The molecule has 1 aromatic heterocycles. The number of hydrogen-bond donors (Lipinski definition) is 1. The Bertz CT molecular complexity index is 413. The summed E-state index contributed by atoms with van der Waals surface area (Å²) >= 11 is 0. The second-order valence-electron chi connectivity index (χ2n) is 4.83. The van der Waals surface area contributed by atoms with E-state index in [2.05, 4.69) is 10.3 Å². The zero-order valence-corrected chi connectivity index (χ0v) is 10.7. The first-order valence-electron chi connectivity index (χ1n) is 6.60. The molecule has 1 aromatic rings. The molecule has 0 bridgehead atoms. The van der Waals surface area contributed by atoms with Crippen molar-refractivity contribution in [1.29, 1.82) is 0 Å². The molecule has 1 saturated heterocycles. The number of nitrogens with one attached hydrogen (secondary N) is 1. The molecular weight excluding hydrogens is 230 g/mol. The largest absolute Gasteiger partial charge is 0.481 e. The molecule has 2 aliphatic heterocycles. The van der Waals surface area contributed by atoms with Gasteiger partial charge in [-0.25, -0.2) is 4.98 Å². The van der Waals surface area contributed by atoms with E-state index in [4.69, 9.17) is 14.5 Å². The Hall–Kier alpha value is -1.20. The summed E-state index contributed by atoms with van der Waals surface area (Å²) in [4.78, 5) is 9.36. The van der Waals surface area contributed by atoms with Gasteiger partial charge in [-0.15, -0.1) is 0 Å². The summed E-state index contributed by atoms with van der Waals surface area (Å²) < 4.78 is 10.8. The Labute approximate surface area is 107 Å². The van der Waals surface area contributed by atoms with Crippen LogP contribution in [0, 0.1) is 0 Å². The fourth-order valence-corrected chi connectivity index (χ4v) is 2.64. The van der Waals surface area contributed by atoms with E-state index in [1.54, 1.807) is 7.11 Å². The number of methoxy groups -OCH3 is 1. The molecule has 18 heavy (non-hydrogen) atoms. The van der Waals surface area contributed by atoms with Crippen LogP contribution < -0.4 is 10.1 Å². The van der Waals surface area contributed by atoms with Crippen LogP contribution in [0.15, 0.2) is 0 Å². The van der Waals surface area contributed by atoms with Gasteiger partial charge in [0.1, 0.15) is 5.82 Å². The Morgan fingerprint density at radius 1 is 1.28 bits per heavy atom. The van der Waals surface area contributed by atoms with Gasteiger partial charge in [0.25, 0.3) is 0 Å². The van der Waals surface area contributed by atoms with Gasteiger partial charge in [-0.1, -0.05) is 0 Å². The lowest BCUT2D eigenvalue weighted by molar-refractivity contribution is 0.0833. The molecular formula is C13H19N3O2. The van der Waals surface area contributed by atoms with Crippen molar-refractivity contribution in [3.8, 4) is 5.88 Å². The highest BCUT2D eigenvalue weighted by Crippen LogP contribution is 2.29. The molecule has 3 rings (SSSR count). The Kier molecular flexibility index (Phi) is 3.43. The summed E-state index contributed by atoms with van der Waals surface area (Å²) in [7, 11) is 1.69. The summed E-state index contributed by atoms with van der Waals surface area (Å²) in [5.41, 5.74) is 2.28.